The van der Waals surface area contributed by atoms with Crippen molar-refractivity contribution in [1.29, 1.82) is 0 Å². The number of imidazole rings is 1. The van der Waals surface area contributed by atoms with Crippen LogP contribution in [0, 0.1) is 0 Å². The van der Waals surface area contributed by atoms with Gasteiger partial charge >= 0.3 is 0 Å². The summed E-state index contributed by atoms with van der Waals surface area (Å²) in [7, 11) is 0. The van der Waals surface area contributed by atoms with Gasteiger partial charge in [0, 0.05) is 32.9 Å². The molecule has 0 N–H and O–H groups in total. The van der Waals surface area contributed by atoms with Crippen molar-refractivity contribution < 1.29 is 4.74 Å². The van der Waals surface area contributed by atoms with Crippen molar-refractivity contribution in [1.82, 2.24) is 9.55 Å². The molecule has 2 heterocycles. The quantitative estimate of drug-likeness (QED) is 0.165. The number of para-hydroxylation sites is 3. The fourth-order valence-corrected chi connectivity index (χ4v) is 9.10. The Balaban J connectivity index is 1.28. The third kappa shape index (κ3) is 5.23. The monoisotopic (exact) mass is 730 g/mol. The number of ether oxygens (including phenoxy) is 1. The largest absolute Gasteiger partial charge is 0.457 e. The Labute approximate surface area is 332 Å². The predicted octanol–water partition coefficient (Wildman–Crippen LogP) is 14.4. The van der Waals surface area contributed by atoms with E-state index in [1.807, 2.05) is 6.07 Å². The lowest BCUT2D eigenvalue weighted by Crippen LogP contribution is -2.24. The molecule has 3 heteroatoms. The van der Waals surface area contributed by atoms with Gasteiger partial charge in [0.05, 0.1) is 16.7 Å². The highest BCUT2D eigenvalue weighted by Crippen LogP contribution is 2.50. The Morgan fingerprint density at radius 2 is 1.00 bits per heavy atom. The molecule has 0 spiro atoms. The Kier molecular flexibility index (Phi) is 7.52. The number of nitrogens with zero attached hydrogens (tertiary/aromatic N) is 2. The highest BCUT2D eigenvalue weighted by Gasteiger charge is 2.35. The lowest BCUT2D eigenvalue weighted by Gasteiger charge is -2.34. The van der Waals surface area contributed by atoms with Crippen LogP contribution in [0.2, 0.25) is 0 Å². The molecule has 0 atom stereocenters. The van der Waals surface area contributed by atoms with Crippen molar-refractivity contribution in [2.24, 2.45) is 0 Å². The number of benzene rings is 9. The summed E-state index contributed by atoms with van der Waals surface area (Å²) < 4.78 is 8.94. The van der Waals surface area contributed by atoms with E-state index in [0.29, 0.717) is 0 Å². The van der Waals surface area contributed by atoms with Gasteiger partial charge in [-0.1, -0.05) is 159 Å². The van der Waals surface area contributed by atoms with Gasteiger partial charge in [0.1, 0.15) is 17.3 Å². The summed E-state index contributed by atoms with van der Waals surface area (Å²) in [5.41, 5.74) is 13.3. The molecule has 0 aliphatic carbocycles. The maximum atomic E-state index is 6.52. The normalized spacial score (nSPS) is 13.0. The third-order valence-corrected chi connectivity index (χ3v) is 11.8. The van der Waals surface area contributed by atoms with Crippen LogP contribution in [-0.4, -0.2) is 9.55 Å². The van der Waals surface area contributed by atoms with Crippen LogP contribution >= 0.6 is 0 Å². The number of hydrogen-bond acceptors (Lipinski definition) is 2. The van der Waals surface area contributed by atoms with Gasteiger partial charge in [-0.15, -0.1) is 0 Å². The molecular formula is C54H38N2O. The zero-order valence-electron chi connectivity index (χ0n) is 31.8. The van der Waals surface area contributed by atoms with Gasteiger partial charge < -0.3 is 4.74 Å². The fourth-order valence-electron chi connectivity index (χ4n) is 9.10. The molecule has 1 aliphatic rings. The number of rotatable bonds is 5. The molecule has 11 rings (SSSR count). The van der Waals surface area contributed by atoms with E-state index in [9.17, 15) is 0 Å². The first-order valence-electron chi connectivity index (χ1n) is 19.6. The molecule has 0 fully saturated rings. The first-order chi connectivity index (χ1) is 28.0. The fraction of sp³-hybridized carbons (Fsp3) is 0.0556. The van der Waals surface area contributed by atoms with Gasteiger partial charge in [-0.3, -0.25) is 4.57 Å². The van der Waals surface area contributed by atoms with Crippen LogP contribution in [0.15, 0.2) is 194 Å². The second kappa shape index (κ2) is 12.9. The molecule has 270 valence electrons. The predicted molar refractivity (Wildman–Crippen MR) is 236 cm³/mol. The minimum absolute atomic E-state index is 0.272. The van der Waals surface area contributed by atoms with Crippen LogP contribution in [-0.2, 0) is 5.41 Å². The summed E-state index contributed by atoms with van der Waals surface area (Å²) in [6, 6.07) is 69.7. The highest BCUT2D eigenvalue weighted by molar-refractivity contribution is 6.20. The van der Waals surface area contributed by atoms with Gasteiger partial charge in [0.2, 0.25) is 0 Å². The van der Waals surface area contributed by atoms with Gasteiger partial charge in [0.25, 0.3) is 0 Å². The average Bonchev–Trinajstić information content (AvgIpc) is 3.65. The Hall–Kier alpha value is -7.23. The molecular weight excluding hydrogens is 693 g/mol. The maximum absolute atomic E-state index is 6.52. The van der Waals surface area contributed by atoms with Crippen molar-refractivity contribution >= 4 is 32.6 Å². The molecule has 3 nitrogen and oxygen atoms in total. The molecule has 0 bridgehead atoms. The van der Waals surface area contributed by atoms with Crippen molar-refractivity contribution in [3.05, 3.63) is 205 Å². The molecule has 0 saturated carbocycles. The van der Waals surface area contributed by atoms with E-state index in [2.05, 4.69) is 206 Å². The SMILES string of the molecule is CC1(C)c2ccccc2Oc2ccc(-c3nc4ccccc4n3-c3c4ccccc4c(-c4ccccc4)c4cc(-c5ccccc5)c(-c5ccccc5)cc34)cc21. The first-order valence-corrected chi connectivity index (χ1v) is 19.6. The minimum atomic E-state index is -0.272. The smallest absolute Gasteiger partial charge is 0.145 e. The van der Waals surface area contributed by atoms with Gasteiger partial charge in [0.15, 0.2) is 0 Å². The zero-order valence-corrected chi connectivity index (χ0v) is 31.8. The van der Waals surface area contributed by atoms with Crippen LogP contribution in [0.25, 0.3) is 83.0 Å². The van der Waals surface area contributed by atoms with Gasteiger partial charge in [-0.2, -0.15) is 0 Å². The molecule has 10 aromatic rings. The van der Waals surface area contributed by atoms with Crippen LogP contribution in [0.3, 0.4) is 0 Å². The van der Waals surface area contributed by atoms with E-state index in [-0.39, 0.29) is 5.41 Å². The summed E-state index contributed by atoms with van der Waals surface area (Å²) in [6.45, 7) is 4.58. The van der Waals surface area contributed by atoms with Crippen molar-refractivity contribution in [2.45, 2.75) is 19.3 Å². The number of fused-ring (bicyclic) bond motifs is 5. The molecule has 0 unspecified atom stereocenters. The highest BCUT2D eigenvalue weighted by atomic mass is 16.5. The van der Waals surface area contributed by atoms with E-state index < -0.39 is 0 Å². The Bertz CT molecular complexity index is 3160. The summed E-state index contributed by atoms with van der Waals surface area (Å²) in [5.74, 6) is 2.69. The lowest BCUT2D eigenvalue weighted by molar-refractivity contribution is 0.418. The van der Waals surface area contributed by atoms with Crippen LogP contribution < -0.4 is 4.74 Å². The van der Waals surface area contributed by atoms with Crippen molar-refractivity contribution in [3.8, 4) is 62.0 Å². The molecule has 1 aliphatic heterocycles. The minimum Gasteiger partial charge on any atom is -0.457 e. The second-order valence-corrected chi connectivity index (χ2v) is 15.5. The molecule has 1 aromatic heterocycles. The van der Waals surface area contributed by atoms with Crippen molar-refractivity contribution in [2.75, 3.05) is 0 Å². The molecule has 0 radical (unpaired) electrons. The number of aromatic nitrogens is 2. The summed E-state index contributed by atoms with van der Waals surface area (Å²) in [4.78, 5) is 5.46. The first kappa shape index (κ1) is 33.1. The average molecular weight is 731 g/mol. The lowest BCUT2D eigenvalue weighted by atomic mass is 9.75. The standard InChI is InChI=1S/C54H38N2O/c1-54(2)45-26-14-17-29-49(45)57-50-31-30-38(32-46(50)54)53-55-47-27-15-16-28-48(47)56(53)52-40-25-13-12-24-39(40)51(37-22-10-5-11-23-37)43-33-41(35-18-6-3-7-19-35)42(34-44(43)52)36-20-8-4-9-21-36/h3-34H,1-2H3. The van der Waals surface area contributed by atoms with Crippen molar-refractivity contribution in [3.63, 3.8) is 0 Å². The molecule has 0 amide bonds. The maximum Gasteiger partial charge on any atom is 0.145 e. The van der Waals surface area contributed by atoms with E-state index in [0.717, 1.165) is 55.9 Å². The molecule has 57 heavy (non-hydrogen) atoms. The van der Waals surface area contributed by atoms with E-state index in [1.54, 1.807) is 0 Å². The Morgan fingerprint density at radius 3 is 1.72 bits per heavy atom. The zero-order chi connectivity index (χ0) is 38.1. The topological polar surface area (TPSA) is 27.1 Å². The van der Waals surface area contributed by atoms with E-state index in [1.165, 1.54) is 49.7 Å². The van der Waals surface area contributed by atoms with E-state index >= 15 is 0 Å². The van der Waals surface area contributed by atoms with Crippen LogP contribution in [0.1, 0.15) is 25.0 Å². The van der Waals surface area contributed by atoms with E-state index in [4.69, 9.17) is 9.72 Å². The van der Waals surface area contributed by atoms with Crippen LogP contribution in [0.5, 0.6) is 11.5 Å². The Morgan fingerprint density at radius 1 is 0.439 bits per heavy atom. The van der Waals surface area contributed by atoms with Crippen LogP contribution in [0.4, 0.5) is 0 Å². The summed E-state index contributed by atoms with van der Waals surface area (Å²) >= 11 is 0. The molecule has 9 aromatic carbocycles. The summed E-state index contributed by atoms with van der Waals surface area (Å²) in [6.07, 6.45) is 0. The number of hydrogen-bond donors (Lipinski definition) is 0. The third-order valence-electron chi connectivity index (χ3n) is 11.8. The van der Waals surface area contributed by atoms with Gasteiger partial charge in [-0.05, 0) is 92.7 Å². The molecule has 0 saturated heterocycles. The van der Waals surface area contributed by atoms with Gasteiger partial charge in [-0.25, -0.2) is 4.98 Å². The second-order valence-electron chi connectivity index (χ2n) is 15.5. The summed E-state index contributed by atoms with van der Waals surface area (Å²) in [5, 5.41) is 4.70.